The third-order valence-electron chi connectivity index (χ3n) is 7.79. The van der Waals surface area contributed by atoms with Crippen molar-refractivity contribution in [3.8, 4) is 0 Å². The maximum absolute atomic E-state index is 10.8. The van der Waals surface area contributed by atoms with E-state index in [4.69, 9.17) is 33.2 Å². The summed E-state index contributed by atoms with van der Waals surface area (Å²) in [7, 11) is 0. The zero-order chi connectivity index (χ0) is 31.7. The average molecular weight is 637 g/mol. The summed E-state index contributed by atoms with van der Waals surface area (Å²) in [6.07, 6.45) is -32.9. The molecule has 0 bridgehead atoms. The lowest BCUT2D eigenvalue weighted by Gasteiger charge is -2.47. The second kappa shape index (κ2) is 14.7. The van der Waals surface area contributed by atoms with E-state index in [1.54, 1.807) is 0 Å². The molecule has 0 aromatic heterocycles. The van der Waals surface area contributed by atoms with Crippen LogP contribution in [-0.2, 0) is 33.2 Å². The summed E-state index contributed by atoms with van der Waals surface area (Å²) in [6, 6.07) is 0. The van der Waals surface area contributed by atoms with Crippen LogP contribution in [0.3, 0.4) is 0 Å². The maximum Gasteiger partial charge on any atom is 0.187 e. The van der Waals surface area contributed by atoms with Crippen LogP contribution in [0, 0.1) is 0 Å². The van der Waals surface area contributed by atoms with Crippen LogP contribution in [0.5, 0.6) is 0 Å². The molecule has 0 saturated carbocycles. The molecule has 1 unspecified atom stereocenters. The number of hydrogen-bond donors (Lipinski definition) is 13. The molecular weight excluding hydrogens is 596 g/mol. The number of aliphatic hydroxyl groups is 13. The van der Waals surface area contributed by atoms with E-state index in [1.807, 2.05) is 0 Å². The van der Waals surface area contributed by atoms with Gasteiger partial charge in [-0.25, -0.2) is 0 Å². The summed E-state index contributed by atoms with van der Waals surface area (Å²) < 4.78 is 37.6. The first-order valence-corrected chi connectivity index (χ1v) is 13.5. The van der Waals surface area contributed by atoms with E-state index in [2.05, 4.69) is 0 Å². The minimum atomic E-state index is -1.99. The van der Waals surface area contributed by atoms with Gasteiger partial charge in [0.15, 0.2) is 25.2 Å². The third-order valence-corrected chi connectivity index (χ3v) is 7.79. The molecule has 4 saturated heterocycles. The molecule has 0 aliphatic carbocycles. The number of ether oxygens (including phenoxy) is 7. The van der Waals surface area contributed by atoms with E-state index in [1.165, 1.54) is 0 Å². The van der Waals surface area contributed by atoms with Gasteiger partial charge in [0.05, 0.1) is 26.4 Å². The number of hydrogen-bond acceptors (Lipinski definition) is 20. The van der Waals surface area contributed by atoms with Crippen molar-refractivity contribution in [2.45, 2.75) is 117 Å². The Morgan fingerprint density at radius 2 is 1.00 bits per heavy atom. The standard InChI is InChI=1S/C23H40O20/c24-1-6-10(28)13(31)16(34)21(40-6)38-4-8-11(29)14(32)17(35)23(41-8)42-18-12(30)7(2-25)39-20(36)19(18)43-22-15(33)9(27)5(26)3-37-22/h5-36H,1-4H2/t5-,6-,7-,8-,9+,10-,11-,12-,13+,14+,15-,16+,17+,18+,19+,20?,21+,22+,23-/m1/s1. The van der Waals surface area contributed by atoms with E-state index < -0.39 is 143 Å². The van der Waals surface area contributed by atoms with Gasteiger partial charge in [0.1, 0.15) is 91.6 Å². The van der Waals surface area contributed by atoms with E-state index in [9.17, 15) is 66.4 Å². The van der Waals surface area contributed by atoms with Crippen LogP contribution in [0.4, 0.5) is 0 Å². The Kier molecular flexibility index (Phi) is 12.0. The highest BCUT2D eigenvalue weighted by atomic mass is 16.8. The summed E-state index contributed by atoms with van der Waals surface area (Å²) in [5.74, 6) is 0. The monoisotopic (exact) mass is 636 g/mol. The van der Waals surface area contributed by atoms with Crippen molar-refractivity contribution in [1.82, 2.24) is 0 Å². The highest BCUT2D eigenvalue weighted by Crippen LogP contribution is 2.32. The molecule has 43 heavy (non-hydrogen) atoms. The Morgan fingerprint density at radius 3 is 1.63 bits per heavy atom. The Balaban J connectivity index is 1.48. The summed E-state index contributed by atoms with van der Waals surface area (Å²) in [5.41, 5.74) is 0. The molecule has 13 N–H and O–H groups in total. The van der Waals surface area contributed by atoms with Gasteiger partial charge in [-0.1, -0.05) is 0 Å². The molecule has 20 nitrogen and oxygen atoms in total. The lowest BCUT2D eigenvalue weighted by Crippen LogP contribution is -2.66. The zero-order valence-corrected chi connectivity index (χ0v) is 22.5. The van der Waals surface area contributed by atoms with Crippen LogP contribution in [0.25, 0.3) is 0 Å². The van der Waals surface area contributed by atoms with E-state index in [0.717, 1.165) is 0 Å². The zero-order valence-electron chi connectivity index (χ0n) is 22.5. The Bertz CT molecular complexity index is 869. The summed E-state index contributed by atoms with van der Waals surface area (Å²) in [6.45, 7) is -2.74. The van der Waals surface area contributed by atoms with Crippen molar-refractivity contribution in [2.24, 2.45) is 0 Å². The van der Waals surface area contributed by atoms with Crippen molar-refractivity contribution in [3.63, 3.8) is 0 Å². The van der Waals surface area contributed by atoms with E-state index >= 15 is 0 Å². The van der Waals surface area contributed by atoms with E-state index in [0.29, 0.717) is 0 Å². The van der Waals surface area contributed by atoms with Crippen LogP contribution in [0.2, 0.25) is 0 Å². The van der Waals surface area contributed by atoms with E-state index in [-0.39, 0.29) is 0 Å². The van der Waals surface area contributed by atoms with Gasteiger partial charge in [-0.15, -0.1) is 0 Å². The molecule has 4 rings (SSSR count). The molecule has 4 heterocycles. The predicted molar refractivity (Wildman–Crippen MR) is 128 cm³/mol. The van der Waals surface area contributed by atoms with Gasteiger partial charge in [-0.2, -0.15) is 0 Å². The van der Waals surface area contributed by atoms with Crippen molar-refractivity contribution in [3.05, 3.63) is 0 Å². The Morgan fingerprint density at radius 1 is 0.488 bits per heavy atom. The Labute approximate surface area is 243 Å². The lowest BCUT2D eigenvalue weighted by molar-refractivity contribution is -0.384. The molecule has 20 heteroatoms. The molecule has 4 fully saturated rings. The second-order valence-electron chi connectivity index (χ2n) is 10.7. The van der Waals surface area contributed by atoms with Gasteiger partial charge in [-0.05, 0) is 0 Å². The van der Waals surface area contributed by atoms with Crippen molar-refractivity contribution in [2.75, 3.05) is 26.4 Å². The van der Waals surface area contributed by atoms with Crippen LogP contribution in [0.15, 0.2) is 0 Å². The van der Waals surface area contributed by atoms with Crippen LogP contribution in [0.1, 0.15) is 0 Å². The molecule has 0 spiro atoms. The summed E-state index contributed by atoms with van der Waals surface area (Å²) in [4.78, 5) is 0. The molecule has 0 radical (unpaired) electrons. The number of aliphatic hydroxyl groups excluding tert-OH is 13. The Hall–Kier alpha value is -0.800. The molecule has 0 aromatic rings. The summed E-state index contributed by atoms with van der Waals surface area (Å²) >= 11 is 0. The van der Waals surface area contributed by atoms with Crippen LogP contribution >= 0.6 is 0 Å². The fourth-order valence-electron chi connectivity index (χ4n) is 5.13. The SMILES string of the molecule is OC[C@H]1O[C@H](OC[C@H]2O[C@H](O[C@H]3[C@H](O)[C@@H](CO)OC(O)[C@H]3O[C@@H]3OC[C@@H](O)[C@H](O)[C@H]3O)[C@@H](O)[C@@H](O)[C@@H]2O)[C@@H](O)[C@@H](O)[C@@H]1O. The average Bonchev–Trinajstić information content (AvgIpc) is 2.99. The highest BCUT2D eigenvalue weighted by molar-refractivity contribution is 4.96. The lowest BCUT2D eigenvalue weighted by atomic mass is 9.96. The minimum Gasteiger partial charge on any atom is -0.394 e. The molecule has 0 amide bonds. The quantitative estimate of drug-likeness (QED) is 0.112. The largest absolute Gasteiger partial charge is 0.394 e. The van der Waals surface area contributed by atoms with Crippen molar-refractivity contribution >= 4 is 0 Å². The summed E-state index contributed by atoms with van der Waals surface area (Å²) in [5, 5.41) is 132. The van der Waals surface area contributed by atoms with Gasteiger partial charge in [0.2, 0.25) is 0 Å². The van der Waals surface area contributed by atoms with Crippen molar-refractivity contribution < 1.29 is 99.5 Å². The topological polar surface area (TPSA) is 328 Å². The van der Waals surface area contributed by atoms with Gasteiger partial charge >= 0.3 is 0 Å². The minimum absolute atomic E-state index is 0.482. The van der Waals surface area contributed by atoms with Crippen LogP contribution in [-0.4, -0.2) is 210 Å². The first-order chi connectivity index (χ1) is 20.3. The normalized spacial score (nSPS) is 53.1. The molecule has 4 aliphatic rings. The molecule has 19 atom stereocenters. The number of rotatable bonds is 9. The molecule has 252 valence electrons. The van der Waals surface area contributed by atoms with Crippen molar-refractivity contribution in [1.29, 1.82) is 0 Å². The van der Waals surface area contributed by atoms with Gasteiger partial charge in [-0.3, -0.25) is 0 Å². The van der Waals surface area contributed by atoms with Gasteiger partial charge < -0.3 is 99.5 Å². The fourth-order valence-corrected chi connectivity index (χ4v) is 5.13. The second-order valence-corrected chi connectivity index (χ2v) is 10.7. The van der Waals surface area contributed by atoms with Gasteiger partial charge in [0.25, 0.3) is 0 Å². The first kappa shape index (κ1) is 35.1. The first-order valence-electron chi connectivity index (χ1n) is 13.5. The highest BCUT2D eigenvalue weighted by Gasteiger charge is 2.53. The van der Waals surface area contributed by atoms with Crippen LogP contribution < -0.4 is 0 Å². The fraction of sp³-hybridized carbons (Fsp3) is 1.00. The smallest absolute Gasteiger partial charge is 0.187 e. The third kappa shape index (κ3) is 7.29. The predicted octanol–water partition coefficient (Wildman–Crippen LogP) is -9.11. The van der Waals surface area contributed by atoms with Gasteiger partial charge in [0, 0.05) is 0 Å². The molecule has 4 aliphatic heterocycles. The molecular formula is C23H40O20. The maximum atomic E-state index is 10.8. The molecule has 0 aromatic carbocycles.